The monoisotopic (exact) mass is 328 g/mol. The van der Waals surface area contributed by atoms with Gasteiger partial charge in [-0.25, -0.2) is 0 Å². The summed E-state index contributed by atoms with van der Waals surface area (Å²) in [4.78, 5) is 12.2. The lowest BCUT2D eigenvalue weighted by Gasteiger charge is -2.15. The van der Waals surface area contributed by atoms with E-state index in [2.05, 4.69) is 24.5 Å². The van der Waals surface area contributed by atoms with E-state index in [0.717, 1.165) is 11.3 Å². The fourth-order valence-corrected chi connectivity index (χ4v) is 2.39. The second-order valence-corrected chi connectivity index (χ2v) is 5.79. The second kappa shape index (κ2) is 7.74. The molecule has 0 saturated carbocycles. The standard InChI is InChI=1S/C18H20N2O2S/c1-12(2)15-6-4-5-7-16(15)19-18(23)20-17(21)13-8-10-14(22-3)11-9-13/h4-12H,1-3H3,(H2,19,20,21,23). The van der Waals surface area contributed by atoms with Gasteiger partial charge in [0.25, 0.3) is 5.91 Å². The largest absolute Gasteiger partial charge is 0.497 e. The van der Waals surface area contributed by atoms with E-state index in [0.29, 0.717) is 17.2 Å². The lowest BCUT2D eigenvalue weighted by atomic mass is 10.0. The maximum Gasteiger partial charge on any atom is 0.257 e. The summed E-state index contributed by atoms with van der Waals surface area (Å²) >= 11 is 5.24. The van der Waals surface area contributed by atoms with Crippen LogP contribution in [-0.4, -0.2) is 18.1 Å². The molecule has 0 heterocycles. The number of rotatable bonds is 4. The summed E-state index contributed by atoms with van der Waals surface area (Å²) in [5.74, 6) is 0.805. The highest BCUT2D eigenvalue weighted by atomic mass is 32.1. The number of methoxy groups -OCH3 is 1. The SMILES string of the molecule is COc1ccc(C(=O)NC(=S)Nc2ccccc2C(C)C)cc1. The molecule has 0 spiro atoms. The predicted molar refractivity (Wildman–Crippen MR) is 97.2 cm³/mol. The summed E-state index contributed by atoms with van der Waals surface area (Å²) in [5.41, 5.74) is 2.57. The van der Waals surface area contributed by atoms with Crippen LogP contribution in [0.4, 0.5) is 5.69 Å². The van der Waals surface area contributed by atoms with Crippen molar-refractivity contribution in [1.29, 1.82) is 0 Å². The van der Waals surface area contributed by atoms with Crippen molar-refractivity contribution in [2.75, 3.05) is 12.4 Å². The molecule has 2 rings (SSSR count). The minimum absolute atomic E-state index is 0.257. The highest BCUT2D eigenvalue weighted by molar-refractivity contribution is 7.80. The van der Waals surface area contributed by atoms with Gasteiger partial charge in [-0.05, 0) is 54.0 Å². The van der Waals surface area contributed by atoms with Gasteiger partial charge in [-0.1, -0.05) is 32.0 Å². The molecule has 0 saturated heterocycles. The fraction of sp³-hybridized carbons (Fsp3) is 0.222. The summed E-state index contributed by atoms with van der Waals surface area (Å²) in [6, 6.07) is 14.8. The van der Waals surface area contributed by atoms with Crippen molar-refractivity contribution in [3.8, 4) is 5.75 Å². The lowest BCUT2D eigenvalue weighted by molar-refractivity contribution is 0.0977. The molecule has 0 aliphatic heterocycles. The molecule has 0 unspecified atom stereocenters. The Morgan fingerprint density at radius 3 is 2.35 bits per heavy atom. The van der Waals surface area contributed by atoms with Gasteiger partial charge in [-0.3, -0.25) is 10.1 Å². The molecule has 5 heteroatoms. The van der Waals surface area contributed by atoms with Gasteiger partial charge in [0, 0.05) is 11.3 Å². The summed E-state index contributed by atoms with van der Waals surface area (Å²) < 4.78 is 5.07. The van der Waals surface area contributed by atoms with Crippen LogP contribution in [0.5, 0.6) is 5.75 Å². The normalized spacial score (nSPS) is 10.3. The van der Waals surface area contributed by atoms with Gasteiger partial charge in [0.05, 0.1) is 7.11 Å². The van der Waals surface area contributed by atoms with E-state index in [4.69, 9.17) is 17.0 Å². The third-order valence-electron chi connectivity index (χ3n) is 3.41. The van der Waals surface area contributed by atoms with Crippen LogP contribution < -0.4 is 15.4 Å². The van der Waals surface area contributed by atoms with Gasteiger partial charge >= 0.3 is 0 Å². The highest BCUT2D eigenvalue weighted by Gasteiger charge is 2.10. The second-order valence-electron chi connectivity index (χ2n) is 5.38. The van der Waals surface area contributed by atoms with Crippen LogP contribution in [-0.2, 0) is 0 Å². The average molecular weight is 328 g/mol. The van der Waals surface area contributed by atoms with E-state index in [1.165, 1.54) is 0 Å². The number of benzene rings is 2. The Labute approximate surface area is 141 Å². The van der Waals surface area contributed by atoms with Crippen molar-refractivity contribution in [3.05, 3.63) is 59.7 Å². The molecule has 0 fully saturated rings. The van der Waals surface area contributed by atoms with Gasteiger partial charge in [-0.2, -0.15) is 0 Å². The van der Waals surface area contributed by atoms with E-state index in [9.17, 15) is 4.79 Å². The summed E-state index contributed by atoms with van der Waals surface area (Å²) in [6.45, 7) is 4.22. The summed E-state index contributed by atoms with van der Waals surface area (Å²) in [5, 5.41) is 6.06. The first-order chi connectivity index (χ1) is 11.0. The Morgan fingerprint density at radius 2 is 1.74 bits per heavy atom. The number of nitrogens with one attached hydrogen (secondary N) is 2. The van der Waals surface area contributed by atoms with Crippen LogP contribution in [0.15, 0.2) is 48.5 Å². The molecule has 2 aromatic rings. The molecule has 2 aromatic carbocycles. The molecule has 120 valence electrons. The quantitative estimate of drug-likeness (QED) is 0.835. The first-order valence-electron chi connectivity index (χ1n) is 7.36. The summed E-state index contributed by atoms with van der Waals surface area (Å²) in [6.07, 6.45) is 0. The number of hydrogen-bond donors (Lipinski definition) is 2. The molecule has 0 aromatic heterocycles. The van der Waals surface area contributed by atoms with E-state index in [-0.39, 0.29) is 11.0 Å². The van der Waals surface area contributed by atoms with Gasteiger partial charge in [-0.15, -0.1) is 0 Å². The minimum atomic E-state index is -0.257. The van der Waals surface area contributed by atoms with Crippen LogP contribution in [0.2, 0.25) is 0 Å². The zero-order chi connectivity index (χ0) is 16.8. The smallest absolute Gasteiger partial charge is 0.257 e. The number of carbonyl (C=O) groups excluding carboxylic acids is 1. The molecule has 2 N–H and O–H groups in total. The van der Waals surface area contributed by atoms with Crippen molar-refractivity contribution in [2.24, 2.45) is 0 Å². The van der Waals surface area contributed by atoms with Crippen LogP contribution in [0.3, 0.4) is 0 Å². The maximum atomic E-state index is 12.2. The van der Waals surface area contributed by atoms with Crippen molar-refractivity contribution < 1.29 is 9.53 Å². The lowest BCUT2D eigenvalue weighted by Crippen LogP contribution is -2.34. The van der Waals surface area contributed by atoms with Crippen LogP contribution in [0.25, 0.3) is 0 Å². The minimum Gasteiger partial charge on any atom is -0.497 e. The molecular formula is C18H20N2O2S. The number of thiocarbonyl (C=S) groups is 1. The molecular weight excluding hydrogens is 308 g/mol. The first kappa shape index (κ1) is 17.0. The van der Waals surface area contributed by atoms with Crippen molar-refractivity contribution >= 4 is 28.9 Å². The molecule has 1 amide bonds. The van der Waals surface area contributed by atoms with Gasteiger partial charge in [0.1, 0.15) is 5.75 Å². The number of carbonyl (C=O) groups is 1. The average Bonchev–Trinajstić information content (AvgIpc) is 2.55. The number of para-hydroxylation sites is 1. The third kappa shape index (κ3) is 4.53. The number of anilines is 1. The molecule has 0 aliphatic rings. The maximum absolute atomic E-state index is 12.2. The fourth-order valence-electron chi connectivity index (χ4n) is 2.19. The Kier molecular flexibility index (Phi) is 5.71. The molecule has 4 nitrogen and oxygen atoms in total. The van der Waals surface area contributed by atoms with Crippen molar-refractivity contribution in [3.63, 3.8) is 0 Å². The first-order valence-corrected chi connectivity index (χ1v) is 7.77. The third-order valence-corrected chi connectivity index (χ3v) is 3.61. The van der Waals surface area contributed by atoms with E-state index < -0.39 is 0 Å². The van der Waals surface area contributed by atoms with E-state index in [1.807, 2.05) is 24.3 Å². The Balaban J connectivity index is 2.03. The van der Waals surface area contributed by atoms with Crippen LogP contribution in [0, 0.1) is 0 Å². The zero-order valence-electron chi connectivity index (χ0n) is 13.4. The Morgan fingerprint density at radius 1 is 1.09 bits per heavy atom. The summed E-state index contributed by atoms with van der Waals surface area (Å²) in [7, 11) is 1.58. The van der Waals surface area contributed by atoms with Crippen LogP contribution in [0.1, 0.15) is 35.7 Å². The van der Waals surface area contributed by atoms with Crippen LogP contribution >= 0.6 is 12.2 Å². The predicted octanol–water partition coefficient (Wildman–Crippen LogP) is 3.95. The van der Waals surface area contributed by atoms with Gasteiger partial charge in [0.15, 0.2) is 5.11 Å². The number of amides is 1. The molecule has 23 heavy (non-hydrogen) atoms. The van der Waals surface area contributed by atoms with E-state index in [1.54, 1.807) is 31.4 Å². The van der Waals surface area contributed by atoms with E-state index >= 15 is 0 Å². The molecule has 0 bridgehead atoms. The Bertz CT molecular complexity index is 696. The molecule has 0 atom stereocenters. The van der Waals surface area contributed by atoms with Gasteiger partial charge < -0.3 is 10.1 Å². The number of ether oxygens (including phenoxy) is 1. The van der Waals surface area contributed by atoms with Crippen molar-refractivity contribution in [1.82, 2.24) is 5.32 Å². The topological polar surface area (TPSA) is 50.4 Å². The molecule has 0 aliphatic carbocycles. The van der Waals surface area contributed by atoms with Gasteiger partial charge in [0.2, 0.25) is 0 Å². The van der Waals surface area contributed by atoms with Crippen molar-refractivity contribution in [2.45, 2.75) is 19.8 Å². The highest BCUT2D eigenvalue weighted by Crippen LogP contribution is 2.23. The zero-order valence-corrected chi connectivity index (χ0v) is 14.2. The Hall–Kier alpha value is -2.40. The molecule has 0 radical (unpaired) electrons. The number of hydrogen-bond acceptors (Lipinski definition) is 3.